The summed E-state index contributed by atoms with van der Waals surface area (Å²) in [5.41, 5.74) is 1.75. The molecule has 35 heavy (non-hydrogen) atoms. The second kappa shape index (κ2) is 8.47. The van der Waals surface area contributed by atoms with E-state index in [1.807, 2.05) is 11.0 Å². The van der Waals surface area contributed by atoms with E-state index in [0.29, 0.717) is 48.7 Å². The zero-order valence-corrected chi connectivity index (χ0v) is 18.9. The number of aliphatic hydroxyl groups is 1. The van der Waals surface area contributed by atoms with Gasteiger partial charge in [0.1, 0.15) is 17.9 Å². The van der Waals surface area contributed by atoms with Crippen molar-refractivity contribution in [3.05, 3.63) is 47.3 Å². The van der Waals surface area contributed by atoms with E-state index in [1.165, 1.54) is 6.07 Å². The van der Waals surface area contributed by atoms with E-state index >= 15 is 4.39 Å². The van der Waals surface area contributed by atoms with Gasteiger partial charge in [0, 0.05) is 54.0 Å². The van der Waals surface area contributed by atoms with Crippen LogP contribution in [0.4, 0.5) is 26.2 Å². The molecule has 1 aliphatic carbocycles. The Kier molecular flexibility index (Phi) is 5.26. The fourth-order valence-electron chi connectivity index (χ4n) is 4.27. The molecule has 0 bridgehead atoms. The van der Waals surface area contributed by atoms with Crippen molar-refractivity contribution in [2.45, 2.75) is 31.9 Å². The van der Waals surface area contributed by atoms with E-state index in [9.17, 15) is 9.50 Å². The third kappa shape index (κ3) is 4.37. The van der Waals surface area contributed by atoms with Crippen molar-refractivity contribution in [3.8, 4) is 11.8 Å². The van der Waals surface area contributed by atoms with Crippen LogP contribution in [0.2, 0.25) is 0 Å². The van der Waals surface area contributed by atoms with Crippen molar-refractivity contribution in [2.75, 3.05) is 29.9 Å². The van der Waals surface area contributed by atoms with Crippen LogP contribution >= 0.6 is 0 Å². The summed E-state index contributed by atoms with van der Waals surface area (Å²) < 4.78 is 35.4. The number of halogens is 2. The van der Waals surface area contributed by atoms with Gasteiger partial charge in [0.05, 0.1) is 12.1 Å². The SMILES string of the molecule is Cc1cc2c(F)c(Oc3nc(Nc4cc(C5CC5)[nH]n4)cc(N4CCNC(O)C4)n3)cc(F)c2[nH]1. The molecule has 2 fully saturated rings. The third-order valence-electron chi connectivity index (χ3n) is 6.15. The molecule has 0 spiro atoms. The second-order valence-corrected chi connectivity index (χ2v) is 8.93. The molecule has 1 unspecified atom stereocenters. The lowest BCUT2D eigenvalue weighted by Crippen LogP contribution is -2.50. The monoisotopic (exact) mass is 482 g/mol. The molecule has 1 atom stereocenters. The van der Waals surface area contributed by atoms with E-state index in [0.717, 1.165) is 24.6 Å². The third-order valence-corrected chi connectivity index (χ3v) is 6.15. The average molecular weight is 482 g/mol. The number of benzene rings is 1. The maximum Gasteiger partial charge on any atom is 0.326 e. The average Bonchev–Trinajstić information content (AvgIpc) is 3.45. The maximum atomic E-state index is 15.1. The number of aromatic amines is 2. The van der Waals surface area contributed by atoms with Gasteiger partial charge < -0.3 is 25.0 Å². The molecule has 4 heterocycles. The Bertz CT molecular complexity index is 1400. The second-order valence-electron chi connectivity index (χ2n) is 8.93. The zero-order chi connectivity index (χ0) is 24.1. The number of hydrogen-bond acceptors (Lipinski definition) is 8. The minimum Gasteiger partial charge on any atom is -0.421 e. The molecule has 5 N–H and O–H groups in total. The molecule has 2 aliphatic rings. The minimum absolute atomic E-state index is 0.0733. The zero-order valence-electron chi connectivity index (χ0n) is 18.9. The number of aromatic nitrogens is 5. The molecule has 1 saturated carbocycles. The summed E-state index contributed by atoms with van der Waals surface area (Å²) in [4.78, 5) is 13.4. The van der Waals surface area contributed by atoms with Crippen LogP contribution in [0.15, 0.2) is 24.3 Å². The first-order chi connectivity index (χ1) is 16.9. The van der Waals surface area contributed by atoms with Gasteiger partial charge in [-0.2, -0.15) is 15.1 Å². The molecule has 0 radical (unpaired) electrons. The van der Waals surface area contributed by atoms with Crippen molar-refractivity contribution in [3.63, 3.8) is 0 Å². The van der Waals surface area contributed by atoms with Gasteiger partial charge in [-0.25, -0.2) is 8.78 Å². The quantitative estimate of drug-likeness (QED) is 0.283. The van der Waals surface area contributed by atoms with E-state index in [1.54, 1.807) is 13.0 Å². The van der Waals surface area contributed by atoms with Crippen molar-refractivity contribution >= 4 is 28.4 Å². The van der Waals surface area contributed by atoms with Gasteiger partial charge in [0.25, 0.3) is 0 Å². The van der Waals surface area contributed by atoms with Crippen LogP contribution < -0.4 is 20.3 Å². The number of β-amino-alcohol motifs (C(OH)–C–C–N with tert-alkyl or cyclic N) is 1. The molecular weight excluding hydrogens is 458 g/mol. The maximum absolute atomic E-state index is 15.1. The molecule has 182 valence electrons. The summed E-state index contributed by atoms with van der Waals surface area (Å²) in [6, 6.07) is 5.95. The molecule has 1 saturated heterocycles. The highest BCUT2D eigenvalue weighted by atomic mass is 19.1. The molecule has 1 aromatic carbocycles. The first-order valence-electron chi connectivity index (χ1n) is 11.5. The van der Waals surface area contributed by atoms with Gasteiger partial charge in [0.2, 0.25) is 0 Å². The molecule has 10 nitrogen and oxygen atoms in total. The molecule has 12 heteroatoms. The number of H-pyrrole nitrogens is 2. The van der Waals surface area contributed by atoms with E-state index in [2.05, 4.69) is 35.8 Å². The number of nitrogens with zero attached hydrogens (tertiary/aromatic N) is 4. The highest BCUT2D eigenvalue weighted by molar-refractivity contribution is 5.83. The normalized spacial score (nSPS) is 18.3. The summed E-state index contributed by atoms with van der Waals surface area (Å²) >= 11 is 0. The topological polar surface area (TPSA) is 127 Å². The van der Waals surface area contributed by atoms with Crippen LogP contribution in [0, 0.1) is 18.6 Å². The predicted octanol–water partition coefficient (Wildman–Crippen LogP) is 3.41. The van der Waals surface area contributed by atoms with E-state index < -0.39 is 17.9 Å². The van der Waals surface area contributed by atoms with Gasteiger partial charge in [-0.1, -0.05) is 0 Å². The Labute approximate surface area is 198 Å². The fraction of sp³-hybridized carbons (Fsp3) is 0.348. The van der Waals surface area contributed by atoms with Crippen LogP contribution in [0.3, 0.4) is 0 Å². The first-order valence-corrected chi connectivity index (χ1v) is 11.5. The summed E-state index contributed by atoms with van der Waals surface area (Å²) in [5, 5.41) is 23.5. The molecule has 6 rings (SSSR count). The van der Waals surface area contributed by atoms with Crippen molar-refractivity contribution in [1.29, 1.82) is 0 Å². The number of aryl methyl sites for hydroxylation is 1. The highest BCUT2D eigenvalue weighted by Gasteiger charge is 2.26. The number of rotatable bonds is 6. The predicted molar refractivity (Wildman–Crippen MR) is 125 cm³/mol. The van der Waals surface area contributed by atoms with Crippen molar-refractivity contribution in [1.82, 2.24) is 30.5 Å². The summed E-state index contributed by atoms with van der Waals surface area (Å²) in [6.45, 7) is 3.15. The Morgan fingerprint density at radius 3 is 2.80 bits per heavy atom. The Morgan fingerprint density at radius 2 is 2.00 bits per heavy atom. The van der Waals surface area contributed by atoms with Crippen molar-refractivity contribution in [2.24, 2.45) is 0 Å². The Morgan fingerprint density at radius 1 is 1.14 bits per heavy atom. The fourth-order valence-corrected chi connectivity index (χ4v) is 4.27. The van der Waals surface area contributed by atoms with Crippen LogP contribution in [-0.2, 0) is 0 Å². The lowest BCUT2D eigenvalue weighted by Gasteiger charge is -2.32. The number of nitrogens with one attached hydrogen (secondary N) is 4. The number of ether oxygens (including phenoxy) is 1. The van der Waals surface area contributed by atoms with Crippen LogP contribution in [-0.4, -0.2) is 56.1 Å². The highest BCUT2D eigenvalue weighted by Crippen LogP contribution is 2.40. The smallest absolute Gasteiger partial charge is 0.326 e. The lowest BCUT2D eigenvalue weighted by molar-refractivity contribution is 0.130. The van der Waals surface area contributed by atoms with Gasteiger partial charge in [-0.3, -0.25) is 10.4 Å². The van der Waals surface area contributed by atoms with Crippen LogP contribution in [0.1, 0.15) is 30.1 Å². The summed E-state index contributed by atoms with van der Waals surface area (Å²) in [5.74, 6) is 0.228. The largest absolute Gasteiger partial charge is 0.421 e. The Balaban J connectivity index is 1.35. The molecule has 4 aromatic rings. The van der Waals surface area contributed by atoms with Crippen LogP contribution in [0.5, 0.6) is 11.8 Å². The molecule has 3 aromatic heterocycles. The number of aliphatic hydroxyl groups excluding tert-OH is 1. The first kappa shape index (κ1) is 21.7. The van der Waals surface area contributed by atoms with Crippen LogP contribution in [0.25, 0.3) is 10.9 Å². The van der Waals surface area contributed by atoms with E-state index in [4.69, 9.17) is 4.74 Å². The van der Waals surface area contributed by atoms with E-state index in [-0.39, 0.29) is 22.7 Å². The lowest BCUT2D eigenvalue weighted by atomic mass is 10.2. The summed E-state index contributed by atoms with van der Waals surface area (Å²) in [7, 11) is 0. The molecule has 0 amide bonds. The molecular formula is C23H24F2N8O2. The van der Waals surface area contributed by atoms with Gasteiger partial charge in [-0.05, 0) is 25.8 Å². The summed E-state index contributed by atoms with van der Waals surface area (Å²) in [6.07, 6.45) is 1.54. The minimum atomic E-state index is -0.724. The van der Waals surface area contributed by atoms with Gasteiger partial charge in [-0.15, -0.1) is 0 Å². The van der Waals surface area contributed by atoms with Gasteiger partial charge in [0.15, 0.2) is 23.2 Å². The number of anilines is 3. The van der Waals surface area contributed by atoms with Crippen molar-refractivity contribution < 1.29 is 18.6 Å². The number of piperazine rings is 1. The Hall–Kier alpha value is -3.77. The molecule has 1 aliphatic heterocycles. The number of hydrogen-bond donors (Lipinski definition) is 5. The van der Waals surface area contributed by atoms with Gasteiger partial charge >= 0.3 is 6.01 Å². The standard InChI is InChI=1S/C23H24F2N8O2/c1-11-6-13-21(25)16(7-14(24)22(13)27-11)35-23-29-17(28-18-8-15(31-32-18)12-2-3-12)9-19(30-23)33-5-4-26-20(34)10-33/h6-9,12,20,26-27,34H,2-5,10H2,1H3,(H2,28,29,30,31,32). The number of fused-ring (bicyclic) bond motifs is 1.